The molecular weight excluding hydrogens is 332 g/mol. The van der Waals surface area contributed by atoms with Gasteiger partial charge in [-0.2, -0.15) is 4.31 Å². The number of aromatic nitrogens is 4. The lowest BCUT2D eigenvalue weighted by molar-refractivity contribution is -0.122. The number of nitrogens with zero attached hydrogens (tertiary/aromatic N) is 5. The lowest BCUT2D eigenvalue weighted by Crippen LogP contribution is -2.55. The second kappa shape index (κ2) is 5.64. The average molecular weight is 348 g/mol. The summed E-state index contributed by atoms with van der Waals surface area (Å²) in [7, 11) is -3.17. The van der Waals surface area contributed by atoms with Crippen molar-refractivity contribution in [1.82, 2.24) is 24.5 Å². The number of anilines is 1. The van der Waals surface area contributed by atoms with Crippen molar-refractivity contribution in [2.45, 2.75) is 18.1 Å². The molecule has 2 aliphatic rings. The Morgan fingerprint density at radius 3 is 2.46 bits per heavy atom. The lowest BCUT2D eigenvalue weighted by atomic mass is 10.0. The predicted molar refractivity (Wildman–Crippen MR) is 84.8 cm³/mol. The zero-order valence-corrected chi connectivity index (χ0v) is 13.6. The largest absolute Gasteiger partial charge is 0.326 e. The van der Waals surface area contributed by atoms with E-state index in [1.165, 1.54) is 15.3 Å². The molecule has 1 saturated heterocycles. The van der Waals surface area contributed by atoms with Gasteiger partial charge in [0.25, 0.3) is 0 Å². The minimum atomic E-state index is -3.17. The van der Waals surface area contributed by atoms with E-state index in [9.17, 15) is 13.2 Å². The van der Waals surface area contributed by atoms with Gasteiger partial charge in [-0.3, -0.25) is 4.79 Å². The summed E-state index contributed by atoms with van der Waals surface area (Å²) >= 11 is 0. The number of carbonyl (C=O) groups is 1. The van der Waals surface area contributed by atoms with Gasteiger partial charge in [-0.25, -0.2) is 13.1 Å². The normalized spacial score (nSPS) is 19.0. The number of amides is 1. The third-order valence-corrected chi connectivity index (χ3v) is 6.60. The molecule has 1 aliphatic carbocycles. The number of hydrogen-bond donors (Lipinski definition) is 1. The fourth-order valence-electron chi connectivity index (χ4n) is 2.61. The van der Waals surface area contributed by atoms with Crippen LogP contribution < -0.4 is 5.32 Å². The molecule has 0 atom stereocenters. The van der Waals surface area contributed by atoms with Gasteiger partial charge >= 0.3 is 0 Å². The molecule has 1 aromatic carbocycles. The monoisotopic (exact) mass is 348 g/mol. The molecule has 1 aromatic heterocycles. The van der Waals surface area contributed by atoms with E-state index in [1.807, 2.05) is 0 Å². The van der Waals surface area contributed by atoms with E-state index >= 15 is 0 Å². The maximum absolute atomic E-state index is 12.2. The predicted octanol–water partition coefficient (Wildman–Crippen LogP) is 0.0248. The van der Waals surface area contributed by atoms with Gasteiger partial charge in [-0.05, 0) is 47.5 Å². The maximum Gasteiger partial charge on any atom is 0.230 e. The molecular formula is C14H16N6O3S. The van der Waals surface area contributed by atoms with Crippen LogP contribution in [0.25, 0.3) is 5.69 Å². The van der Waals surface area contributed by atoms with E-state index in [4.69, 9.17) is 0 Å². The highest BCUT2D eigenvalue weighted by Crippen LogP contribution is 2.34. The Kier molecular flexibility index (Phi) is 3.57. The summed E-state index contributed by atoms with van der Waals surface area (Å²) in [6, 6.07) is 7.09. The Labute approximate surface area is 138 Å². The molecule has 1 aliphatic heterocycles. The Hall–Kier alpha value is -2.33. The van der Waals surface area contributed by atoms with Crippen LogP contribution in [0.2, 0.25) is 0 Å². The molecule has 1 amide bonds. The van der Waals surface area contributed by atoms with E-state index < -0.39 is 10.0 Å². The standard InChI is InChI=1S/C14H16N6O3S/c21-14(10-7-19(8-10)24(22,23)13-5-6-13)16-11-1-3-12(4-2-11)20-9-15-17-18-20/h1-4,9-10,13H,5-8H2,(H,16,21). The third kappa shape index (κ3) is 2.78. The van der Waals surface area contributed by atoms with Crippen molar-refractivity contribution in [3.63, 3.8) is 0 Å². The number of benzene rings is 1. The minimum Gasteiger partial charge on any atom is -0.326 e. The van der Waals surface area contributed by atoms with Gasteiger partial charge in [0, 0.05) is 18.8 Å². The Morgan fingerprint density at radius 1 is 1.17 bits per heavy atom. The molecule has 0 bridgehead atoms. The first-order valence-electron chi connectivity index (χ1n) is 7.67. The molecule has 1 N–H and O–H groups in total. The van der Waals surface area contributed by atoms with Crippen molar-refractivity contribution in [3.05, 3.63) is 30.6 Å². The summed E-state index contributed by atoms with van der Waals surface area (Å²) < 4.78 is 27.0. The highest BCUT2D eigenvalue weighted by Gasteiger charge is 2.46. The summed E-state index contributed by atoms with van der Waals surface area (Å²) in [5, 5.41) is 13.5. The zero-order valence-electron chi connectivity index (χ0n) is 12.7. The smallest absolute Gasteiger partial charge is 0.230 e. The Morgan fingerprint density at radius 2 is 1.88 bits per heavy atom. The van der Waals surface area contributed by atoms with Crippen LogP contribution in [-0.4, -0.2) is 57.2 Å². The van der Waals surface area contributed by atoms with Crippen LogP contribution in [0, 0.1) is 5.92 Å². The van der Waals surface area contributed by atoms with Crippen LogP contribution in [0.15, 0.2) is 30.6 Å². The number of tetrazole rings is 1. The van der Waals surface area contributed by atoms with E-state index in [1.54, 1.807) is 24.3 Å². The molecule has 10 heteroatoms. The first-order valence-corrected chi connectivity index (χ1v) is 9.17. The molecule has 2 aromatic rings. The van der Waals surface area contributed by atoms with Crippen molar-refractivity contribution in [2.75, 3.05) is 18.4 Å². The summed E-state index contributed by atoms with van der Waals surface area (Å²) in [6.45, 7) is 0.542. The highest BCUT2D eigenvalue weighted by atomic mass is 32.2. The van der Waals surface area contributed by atoms with Crippen LogP contribution in [0.5, 0.6) is 0 Å². The van der Waals surface area contributed by atoms with Crippen molar-refractivity contribution in [2.24, 2.45) is 5.92 Å². The van der Waals surface area contributed by atoms with Crippen LogP contribution in [0.1, 0.15) is 12.8 Å². The zero-order chi connectivity index (χ0) is 16.7. The van der Waals surface area contributed by atoms with Gasteiger partial charge in [0.15, 0.2) is 0 Å². The first kappa shape index (κ1) is 15.2. The van der Waals surface area contributed by atoms with Gasteiger partial charge in [0.05, 0.1) is 16.9 Å². The number of rotatable bonds is 5. The summed E-state index contributed by atoms with van der Waals surface area (Å²) in [6.07, 6.45) is 2.96. The fourth-order valence-corrected chi connectivity index (χ4v) is 4.54. The van der Waals surface area contributed by atoms with Crippen LogP contribution in [0.4, 0.5) is 5.69 Å². The number of hydrogen-bond acceptors (Lipinski definition) is 6. The third-order valence-electron chi connectivity index (χ3n) is 4.27. The fraction of sp³-hybridized carbons (Fsp3) is 0.429. The molecule has 0 radical (unpaired) electrons. The molecule has 0 unspecified atom stereocenters. The van der Waals surface area contributed by atoms with E-state index in [0.29, 0.717) is 5.69 Å². The number of carbonyl (C=O) groups excluding carboxylic acids is 1. The topological polar surface area (TPSA) is 110 Å². The molecule has 2 fully saturated rings. The van der Waals surface area contributed by atoms with Gasteiger partial charge < -0.3 is 5.32 Å². The maximum atomic E-state index is 12.2. The van der Waals surface area contributed by atoms with Crippen molar-refractivity contribution >= 4 is 21.6 Å². The van der Waals surface area contributed by atoms with E-state index in [-0.39, 0.29) is 30.2 Å². The van der Waals surface area contributed by atoms with E-state index in [0.717, 1.165) is 18.5 Å². The van der Waals surface area contributed by atoms with Crippen molar-refractivity contribution in [3.8, 4) is 5.69 Å². The molecule has 2 heterocycles. The van der Waals surface area contributed by atoms with Crippen molar-refractivity contribution < 1.29 is 13.2 Å². The van der Waals surface area contributed by atoms with E-state index in [2.05, 4.69) is 20.8 Å². The molecule has 4 rings (SSSR count). The number of nitrogens with one attached hydrogen (secondary N) is 1. The van der Waals surface area contributed by atoms with Crippen LogP contribution in [0.3, 0.4) is 0 Å². The summed E-state index contributed by atoms with van der Waals surface area (Å²) in [5.41, 5.74) is 1.43. The molecule has 0 spiro atoms. The SMILES string of the molecule is O=C(Nc1ccc(-n2cnnn2)cc1)C1CN(S(=O)(=O)C2CC2)C1. The van der Waals surface area contributed by atoms with Crippen LogP contribution in [-0.2, 0) is 14.8 Å². The molecule has 24 heavy (non-hydrogen) atoms. The molecule has 9 nitrogen and oxygen atoms in total. The van der Waals surface area contributed by atoms with Gasteiger partial charge in [0.2, 0.25) is 15.9 Å². The van der Waals surface area contributed by atoms with Gasteiger partial charge in [-0.1, -0.05) is 0 Å². The van der Waals surface area contributed by atoms with Crippen LogP contribution >= 0.6 is 0 Å². The average Bonchev–Trinajstić information content (AvgIpc) is 3.23. The Bertz CT molecular complexity index is 839. The van der Waals surface area contributed by atoms with Crippen molar-refractivity contribution in [1.29, 1.82) is 0 Å². The second-order valence-electron chi connectivity index (χ2n) is 6.05. The highest BCUT2D eigenvalue weighted by molar-refractivity contribution is 7.90. The summed E-state index contributed by atoms with van der Waals surface area (Å²) in [4.78, 5) is 12.2. The van der Waals surface area contributed by atoms with Gasteiger partial charge in [-0.15, -0.1) is 5.10 Å². The lowest BCUT2D eigenvalue weighted by Gasteiger charge is -2.37. The number of sulfonamides is 1. The Balaban J connectivity index is 1.34. The second-order valence-corrected chi connectivity index (χ2v) is 8.26. The molecule has 126 valence electrons. The molecule has 1 saturated carbocycles. The van der Waals surface area contributed by atoms with Gasteiger partial charge in [0.1, 0.15) is 6.33 Å². The first-order chi connectivity index (χ1) is 11.5. The summed E-state index contributed by atoms with van der Waals surface area (Å²) in [5.74, 6) is -0.454. The minimum absolute atomic E-state index is 0.160. The quantitative estimate of drug-likeness (QED) is 0.816.